The molecule has 0 amide bonds. The van der Waals surface area contributed by atoms with E-state index in [-0.39, 0.29) is 11.4 Å². The molecule has 182 valence electrons. The molecule has 8 bridgehead atoms. The van der Waals surface area contributed by atoms with Crippen LogP contribution in [0.4, 0.5) is 39.5 Å². The van der Waals surface area contributed by atoms with E-state index < -0.39 is 68.6 Å². The minimum Gasteiger partial charge on any atom is -0.359 e. The average Bonchev–Trinajstić information content (AvgIpc) is 3.47. The molecule has 0 saturated carbocycles. The van der Waals surface area contributed by atoms with Gasteiger partial charge in [0.15, 0.2) is 0 Å². The lowest BCUT2D eigenvalue weighted by Crippen LogP contribution is -2.29. The van der Waals surface area contributed by atoms with Gasteiger partial charge in [0.1, 0.15) is 11.1 Å². The smallest absolute Gasteiger partial charge is 0.359 e. The third-order valence-corrected chi connectivity index (χ3v) is 5.44. The third kappa shape index (κ3) is 3.90. The van der Waals surface area contributed by atoms with Crippen LogP contribution in [0.25, 0.3) is 28.1 Å². The van der Waals surface area contributed by atoms with Gasteiger partial charge in [-0.2, -0.15) is 39.5 Å². The molecule has 2 aliphatic heterocycles. The summed E-state index contributed by atoms with van der Waals surface area (Å²) in [6, 6.07) is 4.88. The summed E-state index contributed by atoms with van der Waals surface area (Å²) in [5, 5.41) is -1.43. The van der Waals surface area contributed by atoms with Crippen LogP contribution in [0, 0.1) is 0 Å². The summed E-state index contributed by atoms with van der Waals surface area (Å²) >= 11 is 0. The average molecular weight is 502 g/mol. The minimum absolute atomic E-state index is 0.0332. The van der Waals surface area contributed by atoms with Crippen LogP contribution >= 0.6 is 0 Å². The van der Waals surface area contributed by atoms with Crippen molar-refractivity contribution >= 4 is 22.4 Å². The molecule has 0 unspecified atom stereocenters. The number of nitrogens with zero attached hydrogens (tertiary/aromatic N) is 1. The maximum absolute atomic E-state index is 14.0. The highest BCUT2D eigenvalue weighted by Crippen LogP contribution is 2.40. The molecule has 3 aromatic heterocycles. The van der Waals surface area contributed by atoms with Crippen LogP contribution < -0.4 is 10.7 Å². The summed E-state index contributed by atoms with van der Waals surface area (Å²) in [6.07, 6.45) is -12.6. The fourth-order valence-electron chi connectivity index (χ4n) is 4.06. The largest absolute Gasteiger partial charge is 0.420 e. The first kappa shape index (κ1) is 22.9. The van der Waals surface area contributed by atoms with Crippen LogP contribution in [0.5, 0.6) is 0 Å². The highest BCUT2D eigenvalue weighted by Gasteiger charge is 2.42. The first-order valence-corrected chi connectivity index (χ1v) is 9.78. The second kappa shape index (κ2) is 7.30. The Labute approximate surface area is 188 Å². The maximum Gasteiger partial charge on any atom is 0.420 e. The van der Waals surface area contributed by atoms with Crippen LogP contribution in [-0.4, -0.2) is 39.2 Å². The first-order valence-electron chi connectivity index (χ1n) is 9.78. The van der Waals surface area contributed by atoms with Gasteiger partial charge in [0.25, 0.3) is 0 Å². The van der Waals surface area contributed by atoms with E-state index >= 15 is 0 Å². The van der Waals surface area contributed by atoms with Gasteiger partial charge >= 0.3 is 18.5 Å². The zero-order valence-electron chi connectivity index (χ0n) is 17.0. The van der Waals surface area contributed by atoms with Gasteiger partial charge in [-0.15, -0.1) is 0 Å². The van der Waals surface area contributed by atoms with Crippen molar-refractivity contribution in [1.82, 2.24) is 15.0 Å². The second-order valence-corrected chi connectivity index (χ2v) is 7.71. The summed E-state index contributed by atoms with van der Waals surface area (Å²) in [7, 11) is 0. The Morgan fingerprint density at radius 1 is 0.600 bits per heavy atom. The van der Waals surface area contributed by atoms with Crippen LogP contribution in [0.15, 0.2) is 59.4 Å². The van der Waals surface area contributed by atoms with Gasteiger partial charge in [0.2, 0.25) is 0 Å². The Morgan fingerprint density at radius 3 is 1.83 bits per heavy atom. The monoisotopic (exact) mass is 502 g/mol. The third-order valence-electron chi connectivity index (χ3n) is 5.44. The van der Waals surface area contributed by atoms with Gasteiger partial charge in [-0.1, -0.05) is 0 Å². The molecule has 5 heterocycles. The van der Waals surface area contributed by atoms with Crippen molar-refractivity contribution in [3.05, 3.63) is 76.3 Å². The Kier molecular flexibility index (Phi) is 4.77. The van der Waals surface area contributed by atoms with E-state index in [0.29, 0.717) is 0 Å². The molecule has 5 rings (SSSR count). The molecule has 0 spiro atoms. The lowest BCUT2D eigenvalue weighted by Gasteiger charge is -2.12. The van der Waals surface area contributed by atoms with Crippen LogP contribution in [0.3, 0.4) is 0 Å². The summed E-state index contributed by atoms with van der Waals surface area (Å²) in [5.74, 6) is 0. The fraction of sp³-hybridized carbons (Fsp3) is 0.136. The van der Waals surface area contributed by atoms with Crippen LogP contribution in [-0.2, 0) is 0 Å². The topological polar surface area (TPSA) is 59.7 Å². The summed E-state index contributed by atoms with van der Waals surface area (Å²) < 4.78 is 126. The van der Waals surface area contributed by atoms with Crippen LogP contribution in [0.2, 0.25) is 0 Å². The van der Waals surface area contributed by atoms with E-state index in [0.717, 1.165) is 42.6 Å². The molecule has 2 aliphatic rings. The van der Waals surface area contributed by atoms with E-state index in [4.69, 9.17) is 0 Å². The zero-order valence-corrected chi connectivity index (χ0v) is 17.0. The number of H-pyrrole nitrogens is 3. The molecular formula is C22H11F9N4. The van der Waals surface area contributed by atoms with E-state index in [1.54, 1.807) is 0 Å². The fourth-order valence-corrected chi connectivity index (χ4v) is 4.06. The SMILES string of the molecule is FC(F)(F)C1=C2C=CC(=N2)C(C(F)(F)F)=c2ccc([nH]2)=C(C(F)(F)F)c2c[nH]c(c2)-c2ccc1[nH]2. The zero-order chi connectivity index (χ0) is 25.3. The predicted octanol–water partition coefficient (Wildman–Crippen LogP) is 5.11. The molecule has 3 N–H and O–H groups in total. The number of hydrogen-bond acceptors (Lipinski definition) is 1. The number of halogens is 9. The first-order chi connectivity index (χ1) is 16.2. The lowest BCUT2D eigenvalue weighted by atomic mass is 10.1. The van der Waals surface area contributed by atoms with Crippen molar-refractivity contribution in [2.45, 2.75) is 18.5 Å². The van der Waals surface area contributed by atoms with Crippen molar-refractivity contribution in [2.24, 2.45) is 4.99 Å². The quantitative estimate of drug-likeness (QED) is 0.358. The van der Waals surface area contributed by atoms with Gasteiger partial charge in [-0.05, 0) is 42.5 Å². The molecule has 0 atom stereocenters. The second-order valence-electron chi connectivity index (χ2n) is 7.71. The molecule has 0 fully saturated rings. The molecule has 0 saturated heterocycles. The number of rotatable bonds is 0. The van der Waals surface area contributed by atoms with Crippen molar-refractivity contribution in [2.75, 3.05) is 0 Å². The van der Waals surface area contributed by atoms with Gasteiger partial charge in [0.05, 0.1) is 44.8 Å². The van der Waals surface area contributed by atoms with Gasteiger partial charge in [0, 0.05) is 11.8 Å². The lowest BCUT2D eigenvalue weighted by molar-refractivity contribution is -0.0704. The van der Waals surface area contributed by atoms with Crippen molar-refractivity contribution < 1.29 is 39.5 Å². The molecule has 0 aliphatic carbocycles. The predicted molar refractivity (Wildman–Crippen MR) is 108 cm³/mol. The Bertz CT molecular complexity index is 1550. The number of nitrogens with one attached hydrogen (secondary N) is 3. The molecule has 3 aromatic rings. The van der Waals surface area contributed by atoms with Crippen molar-refractivity contribution in [3.63, 3.8) is 0 Å². The van der Waals surface area contributed by atoms with E-state index in [1.807, 2.05) is 0 Å². The van der Waals surface area contributed by atoms with Gasteiger partial charge in [-0.25, -0.2) is 4.99 Å². The molecular weight excluding hydrogens is 491 g/mol. The van der Waals surface area contributed by atoms with E-state index in [1.165, 1.54) is 6.07 Å². The highest BCUT2D eigenvalue weighted by molar-refractivity contribution is 6.27. The number of fused-ring (bicyclic) bond motifs is 8. The maximum atomic E-state index is 14.0. The number of hydrogen-bond donors (Lipinski definition) is 3. The van der Waals surface area contributed by atoms with Gasteiger partial charge in [-0.3, -0.25) is 0 Å². The Hall–Kier alpha value is -3.90. The van der Waals surface area contributed by atoms with Crippen LogP contribution in [0.1, 0.15) is 11.3 Å². The van der Waals surface area contributed by atoms with E-state index in [9.17, 15) is 39.5 Å². The van der Waals surface area contributed by atoms with Gasteiger partial charge < -0.3 is 15.0 Å². The molecule has 35 heavy (non-hydrogen) atoms. The summed E-state index contributed by atoms with van der Waals surface area (Å²) in [6.45, 7) is 0. The number of alkyl halides is 9. The normalized spacial score (nSPS) is 16.5. The number of allylic oxidation sites excluding steroid dienone is 3. The molecule has 0 aromatic carbocycles. The summed E-state index contributed by atoms with van der Waals surface area (Å²) in [5.41, 5.74) is -6.61. The molecule has 4 nitrogen and oxygen atoms in total. The number of aromatic amines is 3. The minimum atomic E-state index is -5.15. The Balaban J connectivity index is 1.95. The van der Waals surface area contributed by atoms with Crippen molar-refractivity contribution in [1.29, 1.82) is 0 Å². The highest BCUT2D eigenvalue weighted by atomic mass is 19.4. The van der Waals surface area contributed by atoms with Crippen molar-refractivity contribution in [3.8, 4) is 11.4 Å². The number of aromatic nitrogens is 3. The number of aliphatic imine (C=N–C) groups is 1. The molecule has 0 radical (unpaired) electrons. The standard InChI is InChI=1S/C22H11F9N4/c23-20(24,25)17-9-7-16(32-8-9)10-1-2-12(33-10)18(21(26,27)28)14-5-6-15(35-14)19(22(29,30)31)13-4-3-11(17)34-13/h1-8,32-34H. The molecule has 13 heteroatoms. The summed E-state index contributed by atoms with van der Waals surface area (Å²) in [4.78, 5) is 10.7. The van der Waals surface area contributed by atoms with E-state index in [2.05, 4.69) is 19.9 Å². The Morgan fingerprint density at radius 2 is 1.20 bits per heavy atom.